The van der Waals surface area contributed by atoms with E-state index in [1.54, 1.807) is 62.4 Å². The molecule has 0 saturated carbocycles. The van der Waals surface area contributed by atoms with E-state index in [1.807, 2.05) is 0 Å². The van der Waals surface area contributed by atoms with Gasteiger partial charge in [-0.25, -0.2) is 0 Å². The van der Waals surface area contributed by atoms with E-state index in [0.29, 0.717) is 21.7 Å². The van der Waals surface area contributed by atoms with Crippen molar-refractivity contribution >= 4 is 29.7 Å². The van der Waals surface area contributed by atoms with Crippen LogP contribution in [0.3, 0.4) is 0 Å². The quantitative estimate of drug-likeness (QED) is 0.784. The second kappa shape index (κ2) is 7.02. The van der Waals surface area contributed by atoms with Crippen LogP contribution in [0.2, 0.25) is 0 Å². The average molecular weight is 346 g/mol. The molecule has 2 N–H and O–H groups in total. The van der Waals surface area contributed by atoms with Crippen molar-refractivity contribution in [3.63, 3.8) is 0 Å². The van der Waals surface area contributed by atoms with Gasteiger partial charge in [0.2, 0.25) is 0 Å². The summed E-state index contributed by atoms with van der Waals surface area (Å²) in [4.78, 5) is 23.0. The number of carboxylic acids is 2. The minimum absolute atomic E-state index is 0.396. The second-order valence-corrected chi connectivity index (χ2v) is 8.59. The molecule has 0 radical (unpaired) electrons. The van der Waals surface area contributed by atoms with Crippen LogP contribution < -0.4 is 10.6 Å². The van der Waals surface area contributed by atoms with E-state index in [2.05, 4.69) is 0 Å². The fraction of sp³-hybridized carbons (Fsp3) is 0.222. The second-order valence-electron chi connectivity index (χ2n) is 5.68. The normalized spacial score (nSPS) is 12.6. The molecule has 1 unspecified atom stereocenters. The van der Waals surface area contributed by atoms with E-state index in [4.69, 9.17) is 5.11 Å². The molecule has 0 aliphatic heterocycles. The molecule has 0 bridgehead atoms. The van der Waals surface area contributed by atoms with E-state index in [-0.39, 0.29) is 0 Å². The maximum absolute atomic E-state index is 14.1. The lowest BCUT2D eigenvalue weighted by atomic mass is 10.2. The summed E-state index contributed by atoms with van der Waals surface area (Å²) >= 11 is 0. The van der Waals surface area contributed by atoms with Crippen molar-refractivity contribution in [1.29, 1.82) is 0 Å². The van der Waals surface area contributed by atoms with Crippen LogP contribution in [-0.2, 0) is 14.2 Å². The molecular weight excluding hydrogens is 327 g/mol. The van der Waals surface area contributed by atoms with Gasteiger partial charge in [0.1, 0.15) is 5.66 Å². The molecule has 126 valence electrons. The highest BCUT2D eigenvalue weighted by Gasteiger charge is 2.44. The molecule has 5 nitrogen and oxygen atoms in total. The Kier molecular flexibility index (Phi) is 5.25. The molecule has 2 rings (SSSR count). The summed E-state index contributed by atoms with van der Waals surface area (Å²) in [6.45, 7) is 3.50. The van der Waals surface area contributed by atoms with Gasteiger partial charge in [0.05, 0.1) is 6.42 Å². The molecule has 0 saturated heterocycles. The number of benzene rings is 2. The molecule has 24 heavy (non-hydrogen) atoms. The summed E-state index contributed by atoms with van der Waals surface area (Å²) < 4.78 is 14.1. The van der Waals surface area contributed by atoms with Gasteiger partial charge in [-0.2, -0.15) is 0 Å². The summed E-state index contributed by atoms with van der Waals surface area (Å²) in [6.07, 6.45) is -0.699. The largest absolute Gasteiger partial charge is 0.481 e. The fourth-order valence-electron chi connectivity index (χ4n) is 2.87. The van der Waals surface area contributed by atoms with Crippen LogP contribution in [-0.4, -0.2) is 27.8 Å². The molecule has 0 aromatic heterocycles. The van der Waals surface area contributed by atoms with Crippen LogP contribution in [0, 0.1) is 13.8 Å². The molecule has 0 amide bonds. The van der Waals surface area contributed by atoms with Gasteiger partial charge in [0.25, 0.3) is 0 Å². The summed E-state index contributed by atoms with van der Waals surface area (Å²) in [5, 5.41) is 19.6. The molecule has 0 spiro atoms. The first-order chi connectivity index (χ1) is 11.3. The van der Waals surface area contributed by atoms with Crippen molar-refractivity contribution in [2.45, 2.75) is 25.9 Å². The Morgan fingerprint density at radius 1 is 0.917 bits per heavy atom. The zero-order valence-electron chi connectivity index (χ0n) is 13.5. The number of rotatable bonds is 6. The van der Waals surface area contributed by atoms with Gasteiger partial charge in [-0.3, -0.25) is 9.59 Å². The first kappa shape index (κ1) is 18.0. The minimum Gasteiger partial charge on any atom is -0.481 e. The van der Waals surface area contributed by atoms with Crippen LogP contribution in [0.5, 0.6) is 0 Å². The third-order valence-corrected chi connectivity index (χ3v) is 7.75. The summed E-state index contributed by atoms with van der Waals surface area (Å²) in [7, 11) is -3.70. The van der Waals surface area contributed by atoms with Crippen molar-refractivity contribution in [2.24, 2.45) is 0 Å². The Morgan fingerprint density at radius 3 is 1.67 bits per heavy atom. The SMILES string of the molecule is Cc1ccccc1P(=O)(c1ccccc1C)C(CC(=O)O)C(=O)O. The molecule has 0 aliphatic rings. The summed E-state index contributed by atoms with van der Waals surface area (Å²) in [5.74, 6) is -2.66. The Bertz CT molecular complexity index is 778. The summed E-state index contributed by atoms with van der Waals surface area (Å²) in [6, 6.07) is 13.7. The lowest BCUT2D eigenvalue weighted by Gasteiger charge is -2.27. The van der Waals surface area contributed by atoms with E-state index in [9.17, 15) is 19.3 Å². The highest BCUT2D eigenvalue weighted by molar-refractivity contribution is 7.80. The minimum atomic E-state index is -3.70. The van der Waals surface area contributed by atoms with E-state index < -0.39 is 31.2 Å². The highest BCUT2D eigenvalue weighted by atomic mass is 31.2. The lowest BCUT2D eigenvalue weighted by Crippen LogP contribution is -2.35. The number of carboxylic acid groups (broad SMARTS) is 2. The van der Waals surface area contributed by atoms with Gasteiger partial charge in [0.15, 0.2) is 7.14 Å². The van der Waals surface area contributed by atoms with E-state index >= 15 is 0 Å². The monoisotopic (exact) mass is 346 g/mol. The molecule has 2 aromatic carbocycles. The van der Waals surface area contributed by atoms with E-state index in [0.717, 1.165) is 0 Å². The Morgan fingerprint density at radius 2 is 1.33 bits per heavy atom. The lowest BCUT2D eigenvalue weighted by molar-refractivity contribution is -0.143. The first-order valence-corrected chi connectivity index (χ1v) is 9.22. The van der Waals surface area contributed by atoms with E-state index in [1.165, 1.54) is 0 Å². The van der Waals surface area contributed by atoms with Crippen LogP contribution in [0.1, 0.15) is 17.5 Å². The number of aliphatic carboxylic acids is 2. The van der Waals surface area contributed by atoms with Gasteiger partial charge in [-0.15, -0.1) is 0 Å². The van der Waals surface area contributed by atoms with Crippen LogP contribution in [0.15, 0.2) is 48.5 Å². The Balaban J connectivity index is 2.82. The topological polar surface area (TPSA) is 91.7 Å². The maximum Gasteiger partial charge on any atom is 0.315 e. The van der Waals surface area contributed by atoms with Crippen LogP contribution in [0.25, 0.3) is 0 Å². The average Bonchev–Trinajstić information content (AvgIpc) is 2.52. The summed E-state index contributed by atoms with van der Waals surface area (Å²) in [5.41, 5.74) is -0.154. The highest BCUT2D eigenvalue weighted by Crippen LogP contribution is 2.51. The standard InChI is InChI=1S/C18H19O5P/c1-12-7-3-5-9-14(12)24(23,15-10-6-4-8-13(15)2)16(18(21)22)11-17(19)20/h3-10,16H,11H2,1-2H3,(H,19,20)(H,21,22). The molecule has 1 atom stereocenters. The number of hydrogen-bond donors (Lipinski definition) is 2. The molecular formula is C18H19O5P. The van der Waals surface area contributed by atoms with Gasteiger partial charge in [0, 0.05) is 10.6 Å². The fourth-order valence-corrected chi connectivity index (χ4v) is 6.34. The zero-order valence-corrected chi connectivity index (χ0v) is 14.4. The van der Waals surface area contributed by atoms with Gasteiger partial charge in [-0.1, -0.05) is 48.5 Å². The van der Waals surface area contributed by atoms with Gasteiger partial charge < -0.3 is 14.8 Å². The zero-order chi connectivity index (χ0) is 17.9. The predicted molar refractivity (Wildman–Crippen MR) is 92.9 cm³/mol. The molecule has 2 aromatic rings. The first-order valence-electron chi connectivity index (χ1n) is 7.45. The van der Waals surface area contributed by atoms with Crippen molar-refractivity contribution in [2.75, 3.05) is 0 Å². The number of aryl methyl sites for hydroxylation is 2. The molecule has 0 aliphatic carbocycles. The van der Waals surface area contributed by atoms with Crippen molar-refractivity contribution in [3.8, 4) is 0 Å². The van der Waals surface area contributed by atoms with Gasteiger partial charge >= 0.3 is 11.9 Å². The third kappa shape index (κ3) is 3.26. The van der Waals surface area contributed by atoms with Gasteiger partial charge in [-0.05, 0) is 25.0 Å². The van der Waals surface area contributed by atoms with Crippen molar-refractivity contribution in [3.05, 3.63) is 59.7 Å². The number of hydrogen-bond acceptors (Lipinski definition) is 3. The molecule has 0 heterocycles. The molecule has 6 heteroatoms. The number of carbonyl (C=O) groups is 2. The van der Waals surface area contributed by atoms with Crippen LogP contribution in [0.4, 0.5) is 0 Å². The third-order valence-electron chi connectivity index (χ3n) is 4.04. The Labute approximate surface area is 140 Å². The van der Waals surface area contributed by atoms with Crippen molar-refractivity contribution < 1.29 is 24.4 Å². The van der Waals surface area contributed by atoms with Crippen LogP contribution >= 0.6 is 7.14 Å². The maximum atomic E-state index is 14.1. The van der Waals surface area contributed by atoms with Crippen molar-refractivity contribution in [1.82, 2.24) is 0 Å². The molecule has 0 fully saturated rings. The predicted octanol–water partition coefficient (Wildman–Crippen LogP) is 2.55. The smallest absolute Gasteiger partial charge is 0.315 e. The Hall–Kier alpha value is -2.39.